The van der Waals surface area contributed by atoms with E-state index >= 15 is 0 Å². The summed E-state index contributed by atoms with van der Waals surface area (Å²) in [5.74, 6) is 0. The van der Waals surface area contributed by atoms with Crippen LogP contribution in [0.25, 0.3) is 0 Å². The molecule has 1 N–H and O–H groups in total. The number of unbranched alkanes of at least 4 members (excludes halogenated alkanes) is 13. The summed E-state index contributed by atoms with van der Waals surface area (Å²) in [5.41, 5.74) is -0.881. The second kappa shape index (κ2) is 16.3. The Labute approximate surface area is 170 Å². The van der Waals surface area contributed by atoms with E-state index in [-0.39, 0.29) is 0 Å². The first kappa shape index (κ1) is 27.5. The molecule has 0 bridgehead atoms. The predicted octanol–water partition coefficient (Wildman–Crippen LogP) is 7.20. The summed E-state index contributed by atoms with van der Waals surface area (Å²) >= 11 is 0. The van der Waals surface area contributed by atoms with Crippen molar-refractivity contribution in [1.82, 2.24) is 0 Å². The minimum absolute atomic E-state index is 0.605. The zero-order chi connectivity index (χ0) is 20.6. The van der Waals surface area contributed by atoms with E-state index in [1.165, 1.54) is 77.0 Å². The van der Waals surface area contributed by atoms with Crippen LogP contribution in [-0.4, -0.2) is 37.0 Å². The fourth-order valence-corrected chi connectivity index (χ4v) is 5.54. The maximum absolute atomic E-state index is 11.1. The van der Waals surface area contributed by atoms with Gasteiger partial charge in [0, 0.05) is 0 Å². The average molecular weight is 427 g/mol. The van der Waals surface area contributed by atoms with E-state index < -0.39 is 21.0 Å². The molecule has 4 nitrogen and oxygen atoms in total. The molecule has 0 aliphatic carbocycles. The molecule has 0 aliphatic rings. The van der Waals surface area contributed by atoms with Gasteiger partial charge in [-0.3, -0.25) is 0 Å². The third kappa shape index (κ3) is 15.1. The van der Waals surface area contributed by atoms with Gasteiger partial charge in [0.1, 0.15) is 0 Å². The zero-order valence-electron chi connectivity index (χ0n) is 18.8. The van der Waals surface area contributed by atoms with Crippen LogP contribution < -0.4 is 0 Å². The first-order valence-corrected chi connectivity index (χ1v) is 16.0. The molecule has 0 aromatic rings. The van der Waals surface area contributed by atoms with Crippen LogP contribution in [0.1, 0.15) is 104 Å². The Kier molecular flexibility index (Phi) is 16.7. The molecule has 0 fully saturated rings. The van der Waals surface area contributed by atoms with Crippen molar-refractivity contribution >= 4 is 15.5 Å². The Morgan fingerprint density at radius 1 is 0.778 bits per heavy atom. The summed E-state index contributed by atoms with van der Waals surface area (Å²) in [7, 11) is -4.84. The maximum atomic E-state index is 11.1. The standard InChI is InChI=1S/C21H48O4P2/c1-6-7-8-9-10-11-12-13-14-15-16-17-18-19-20-24-21(2,25-26(22)23)27(3,4)5/h26-27H,6-20H2,1-5H3,(H,22,23). The summed E-state index contributed by atoms with van der Waals surface area (Å²) in [4.78, 5) is 9.14. The number of hydrogen-bond donors (Lipinski definition) is 1. The summed E-state index contributed by atoms with van der Waals surface area (Å²) in [6, 6.07) is 0. The molecule has 0 aromatic heterocycles. The van der Waals surface area contributed by atoms with Crippen molar-refractivity contribution in [2.24, 2.45) is 0 Å². The molecule has 0 amide bonds. The molecule has 0 saturated heterocycles. The molecule has 2 unspecified atom stereocenters. The minimum atomic E-state index is -2.98. The summed E-state index contributed by atoms with van der Waals surface area (Å²) in [5, 5.41) is 0. The Hall–Kier alpha value is 0.540. The van der Waals surface area contributed by atoms with Crippen LogP contribution in [0.3, 0.4) is 0 Å². The molecule has 166 valence electrons. The van der Waals surface area contributed by atoms with E-state index in [1.54, 1.807) is 0 Å². The van der Waals surface area contributed by atoms with E-state index in [2.05, 4.69) is 26.9 Å². The Morgan fingerprint density at radius 2 is 1.15 bits per heavy atom. The molecule has 2 atom stereocenters. The molecule has 0 aromatic carbocycles. The van der Waals surface area contributed by atoms with Crippen LogP contribution in [-0.2, 0) is 13.8 Å². The molecule has 0 heterocycles. The van der Waals surface area contributed by atoms with E-state index in [1.807, 2.05) is 6.92 Å². The summed E-state index contributed by atoms with van der Waals surface area (Å²) in [6.45, 7) is 11.0. The fourth-order valence-electron chi connectivity index (χ4n) is 3.13. The molecule has 6 heteroatoms. The second-order valence-electron chi connectivity index (χ2n) is 9.01. The molecular weight excluding hydrogens is 378 g/mol. The number of rotatable bonds is 19. The Morgan fingerprint density at radius 3 is 1.48 bits per heavy atom. The molecular formula is C21H48O4P2. The van der Waals surface area contributed by atoms with E-state index in [4.69, 9.17) is 14.2 Å². The summed E-state index contributed by atoms with van der Waals surface area (Å²) < 4.78 is 22.3. The van der Waals surface area contributed by atoms with E-state index in [0.717, 1.165) is 12.8 Å². The Bertz CT molecular complexity index is 372. The van der Waals surface area contributed by atoms with Gasteiger partial charge in [-0.15, -0.1) is 0 Å². The third-order valence-corrected chi connectivity index (χ3v) is 9.26. The van der Waals surface area contributed by atoms with Gasteiger partial charge in [0.05, 0.1) is 0 Å². The zero-order valence-corrected chi connectivity index (χ0v) is 20.8. The third-order valence-electron chi connectivity index (χ3n) is 5.52. The normalized spacial score (nSPS) is 16.2. The monoisotopic (exact) mass is 426 g/mol. The Balaban J connectivity index is 3.54. The van der Waals surface area contributed by atoms with Crippen molar-refractivity contribution in [3.8, 4) is 0 Å². The number of ether oxygens (including phenoxy) is 1. The van der Waals surface area contributed by atoms with Crippen molar-refractivity contribution in [3.05, 3.63) is 0 Å². The van der Waals surface area contributed by atoms with Crippen molar-refractivity contribution < 1.29 is 18.7 Å². The van der Waals surface area contributed by atoms with Crippen LogP contribution in [0.5, 0.6) is 0 Å². The molecule has 0 radical (unpaired) electrons. The van der Waals surface area contributed by atoms with Crippen molar-refractivity contribution in [2.75, 3.05) is 26.6 Å². The van der Waals surface area contributed by atoms with Gasteiger partial charge >= 0.3 is 131 Å². The van der Waals surface area contributed by atoms with Crippen LogP contribution in [0.2, 0.25) is 0 Å². The average Bonchev–Trinajstić information content (AvgIpc) is 2.56. The fraction of sp³-hybridized carbons (Fsp3) is 1.00. The van der Waals surface area contributed by atoms with Gasteiger partial charge in [0.25, 0.3) is 0 Å². The van der Waals surface area contributed by atoms with Gasteiger partial charge in [-0.25, -0.2) is 0 Å². The van der Waals surface area contributed by atoms with Crippen LogP contribution >= 0.6 is 15.5 Å². The van der Waals surface area contributed by atoms with Crippen LogP contribution in [0.15, 0.2) is 0 Å². The molecule has 27 heavy (non-hydrogen) atoms. The molecule has 0 saturated carbocycles. The van der Waals surface area contributed by atoms with Crippen LogP contribution in [0, 0.1) is 0 Å². The first-order valence-electron chi connectivity index (χ1n) is 11.3. The van der Waals surface area contributed by atoms with Gasteiger partial charge < -0.3 is 0 Å². The molecule has 0 aliphatic heterocycles. The number of hydrogen-bond acceptors (Lipinski definition) is 3. The van der Waals surface area contributed by atoms with Crippen molar-refractivity contribution in [3.63, 3.8) is 0 Å². The first-order chi connectivity index (χ1) is 12.7. The molecule has 0 spiro atoms. The predicted molar refractivity (Wildman–Crippen MR) is 123 cm³/mol. The second-order valence-corrected chi connectivity index (χ2v) is 15.2. The van der Waals surface area contributed by atoms with Gasteiger partial charge in [-0.05, 0) is 0 Å². The topological polar surface area (TPSA) is 55.8 Å². The van der Waals surface area contributed by atoms with E-state index in [9.17, 15) is 4.57 Å². The SMILES string of the molecule is CCCCCCCCCCCCCCCCOC(C)(O[PH](=O)O)[PH](C)(C)C. The quantitative estimate of drug-likeness (QED) is 0.135. The van der Waals surface area contributed by atoms with Crippen molar-refractivity contribution in [2.45, 2.75) is 109 Å². The summed E-state index contributed by atoms with van der Waals surface area (Å²) in [6.07, 6.45) is 18.6. The molecule has 0 rings (SSSR count). The van der Waals surface area contributed by atoms with E-state index in [0.29, 0.717) is 6.61 Å². The van der Waals surface area contributed by atoms with Gasteiger partial charge in [0.15, 0.2) is 0 Å². The van der Waals surface area contributed by atoms with Gasteiger partial charge in [-0.2, -0.15) is 0 Å². The van der Waals surface area contributed by atoms with Gasteiger partial charge in [-0.1, -0.05) is 39.0 Å². The van der Waals surface area contributed by atoms with Gasteiger partial charge in [0.2, 0.25) is 0 Å². The van der Waals surface area contributed by atoms with Crippen molar-refractivity contribution in [1.29, 1.82) is 0 Å². The van der Waals surface area contributed by atoms with Crippen LogP contribution in [0.4, 0.5) is 0 Å².